The second kappa shape index (κ2) is 10.3. The van der Waals surface area contributed by atoms with Gasteiger partial charge in [0, 0.05) is 18.7 Å². The zero-order valence-corrected chi connectivity index (χ0v) is 20.8. The molecule has 3 amide bonds. The molecule has 1 aliphatic carbocycles. The first kappa shape index (κ1) is 25.8. The van der Waals surface area contributed by atoms with Crippen molar-refractivity contribution in [1.29, 1.82) is 0 Å². The van der Waals surface area contributed by atoms with Gasteiger partial charge in [-0.05, 0) is 48.3 Å². The van der Waals surface area contributed by atoms with Crippen LogP contribution in [0, 0.1) is 23.5 Å². The van der Waals surface area contributed by atoms with E-state index in [-0.39, 0.29) is 23.8 Å². The van der Waals surface area contributed by atoms with E-state index in [1.54, 1.807) is 0 Å². The molecule has 1 aliphatic heterocycles. The van der Waals surface area contributed by atoms with Crippen LogP contribution in [0.5, 0.6) is 0 Å². The molecule has 0 unspecified atom stereocenters. The molecular formula is C27H31F2N3O4. The molecule has 0 saturated carbocycles. The monoisotopic (exact) mass is 499 g/mol. The number of likely N-dealkylation sites (N-methyl/N-ethyl adjacent to an activating group) is 1. The molecule has 0 bridgehead atoms. The molecule has 2 aliphatic rings. The lowest BCUT2D eigenvalue weighted by Gasteiger charge is -2.45. The number of halogens is 2. The predicted octanol–water partition coefficient (Wildman–Crippen LogP) is 3.18. The fourth-order valence-electron chi connectivity index (χ4n) is 5.26. The summed E-state index contributed by atoms with van der Waals surface area (Å²) in [6, 6.07) is 7.28. The lowest BCUT2D eigenvalue weighted by molar-refractivity contribution is -0.181. The van der Waals surface area contributed by atoms with Crippen LogP contribution in [-0.2, 0) is 32.1 Å². The highest BCUT2D eigenvalue weighted by Gasteiger charge is 2.50. The molecule has 4 rings (SSSR count). The number of nitrogens with one attached hydrogen (secondary N) is 1. The zero-order chi connectivity index (χ0) is 26.1. The number of carbonyl (C=O) groups excluding carboxylic acids is 3. The van der Waals surface area contributed by atoms with Gasteiger partial charge in [0.25, 0.3) is 5.91 Å². The number of hydrogen-bond acceptors (Lipinski definition) is 4. The highest BCUT2D eigenvalue weighted by atomic mass is 19.1. The largest absolute Gasteiger partial charge is 0.342 e. The molecule has 3 atom stereocenters. The van der Waals surface area contributed by atoms with E-state index in [2.05, 4.69) is 5.32 Å². The van der Waals surface area contributed by atoms with Crippen LogP contribution in [0.3, 0.4) is 0 Å². The van der Waals surface area contributed by atoms with E-state index in [4.69, 9.17) is 4.84 Å². The van der Waals surface area contributed by atoms with Crippen molar-refractivity contribution >= 4 is 17.7 Å². The van der Waals surface area contributed by atoms with Gasteiger partial charge in [0.05, 0.1) is 7.11 Å². The van der Waals surface area contributed by atoms with E-state index in [0.29, 0.717) is 18.9 Å². The van der Waals surface area contributed by atoms with Crippen LogP contribution >= 0.6 is 0 Å². The third-order valence-electron chi connectivity index (χ3n) is 7.06. The average Bonchev–Trinajstić information content (AvgIpc) is 3.27. The van der Waals surface area contributed by atoms with Gasteiger partial charge in [0.1, 0.15) is 29.8 Å². The van der Waals surface area contributed by atoms with Crippen molar-refractivity contribution in [3.05, 3.63) is 70.8 Å². The topological polar surface area (TPSA) is 79.0 Å². The fourth-order valence-corrected chi connectivity index (χ4v) is 5.26. The first-order valence-electron chi connectivity index (χ1n) is 12.1. The maximum atomic E-state index is 15.1. The van der Waals surface area contributed by atoms with Gasteiger partial charge in [0.2, 0.25) is 11.8 Å². The molecule has 0 spiro atoms. The number of hydroxylamine groups is 2. The smallest absolute Gasteiger partial charge is 0.273 e. The minimum Gasteiger partial charge on any atom is -0.342 e. The van der Waals surface area contributed by atoms with Crippen LogP contribution < -0.4 is 5.32 Å². The molecule has 1 N–H and O–H groups in total. The Labute approximate surface area is 209 Å². The lowest BCUT2D eigenvalue weighted by Crippen LogP contribution is -2.67. The minimum atomic E-state index is -1.51. The van der Waals surface area contributed by atoms with Gasteiger partial charge in [-0.15, -0.1) is 0 Å². The van der Waals surface area contributed by atoms with Gasteiger partial charge in [-0.2, -0.15) is 0 Å². The van der Waals surface area contributed by atoms with Gasteiger partial charge in [-0.3, -0.25) is 19.2 Å². The second-order valence-corrected chi connectivity index (χ2v) is 9.90. The molecule has 0 radical (unpaired) electrons. The number of fused-ring (bicyclic) bond motifs is 1. The number of benzene rings is 2. The van der Waals surface area contributed by atoms with Crippen LogP contribution in [0.4, 0.5) is 8.78 Å². The number of nitrogens with zero attached hydrogens (tertiary/aromatic N) is 2. The lowest BCUT2D eigenvalue weighted by atomic mass is 9.88. The molecule has 1 fully saturated rings. The van der Waals surface area contributed by atoms with E-state index in [9.17, 15) is 18.8 Å². The van der Waals surface area contributed by atoms with Crippen molar-refractivity contribution in [3.63, 3.8) is 0 Å². The Kier molecular flexibility index (Phi) is 7.40. The summed E-state index contributed by atoms with van der Waals surface area (Å²) in [6.45, 7) is 3.79. The van der Waals surface area contributed by atoms with Crippen molar-refractivity contribution in [2.75, 3.05) is 14.2 Å². The highest BCUT2D eigenvalue weighted by molar-refractivity contribution is 6.00. The molecule has 1 heterocycles. The van der Waals surface area contributed by atoms with Crippen molar-refractivity contribution < 1.29 is 28.0 Å². The van der Waals surface area contributed by atoms with Crippen LogP contribution in [0.25, 0.3) is 0 Å². The molecule has 36 heavy (non-hydrogen) atoms. The minimum absolute atomic E-state index is 0.00249. The summed E-state index contributed by atoms with van der Waals surface area (Å²) in [6.07, 6.45) is 1.45. The number of amides is 3. The summed E-state index contributed by atoms with van der Waals surface area (Å²) >= 11 is 0. The third kappa shape index (κ3) is 4.84. The Morgan fingerprint density at radius 2 is 1.78 bits per heavy atom. The molecule has 1 saturated heterocycles. The van der Waals surface area contributed by atoms with E-state index in [1.807, 2.05) is 38.1 Å². The van der Waals surface area contributed by atoms with Crippen molar-refractivity contribution in [2.24, 2.45) is 11.8 Å². The number of carbonyl (C=O) groups is 3. The first-order valence-corrected chi connectivity index (χ1v) is 12.1. The Balaban J connectivity index is 1.79. The van der Waals surface area contributed by atoms with E-state index in [0.717, 1.165) is 28.3 Å². The maximum Gasteiger partial charge on any atom is 0.273 e. The van der Waals surface area contributed by atoms with Gasteiger partial charge in [-0.1, -0.05) is 44.2 Å². The van der Waals surface area contributed by atoms with Crippen molar-refractivity contribution in [1.82, 2.24) is 15.3 Å². The molecular weight excluding hydrogens is 468 g/mol. The summed E-state index contributed by atoms with van der Waals surface area (Å²) in [7, 11) is 2.61. The van der Waals surface area contributed by atoms with Crippen LogP contribution in [-0.4, -0.2) is 53.9 Å². The molecule has 192 valence electrons. The molecule has 2 aromatic carbocycles. The van der Waals surface area contributed by atoms with Crippen molar-refractivity contribution in [2.45, 2.75) is 51.2 Å². The van der Waals surface area contributed by atoms with E-state index >= 15 is 4.39 Å². The highest BCUT2D eigenvalue weighted by Crippen LogP contribution is 2.36. The van der Waals surface area contributed by atoms with Gasteiger partial charge < -0.3 is 10.2 Å². The standard InChI is InChI=1S/C27H31F2N3O4/c1-15(2)11-22-25(33)30-23(18-12-16-7-5-6-8-17(16)13-18)26(34)32(22)24(27(35)31(3)36-4)20-10-9-19(28)14-21(20)29/h5-10,14-15,18,22-24H,11-13H2,1-4H3,(H,30,33)/t22-,23-,24-/m1/s1. The fraction of sp³-hybridized carbons (Fsp3) is 0.444. The summed E-state index contributed by atoms with van der Waals surface area (Å²) in [5.41, 5.74) is 2.02. The third-order valence-corrected chi connectivity index (χ3v) is 7.06. The molecule has 2 aromatic rings. The van der Waals surface area contributed by atoms with E-state index < -0.39 is 47.5 Å². The van der Waals surface area contributed by atoms with Gasteiger partial charge in [0.15, 0.2) is 0 Å². The second-order valence-electron chi connectivity index (χ2n) is 9.90. The van der Waals surface area contributed by atoms with Crippen molar-refractivity contribution in [3.8, 4) is 0 Å². The van der Waals surface area contributed by atoms with Gasteiger partial charge >= 0.3 is 0 Å². The number of piperazine rings is 1. The zero-order valence-electron chi connectivity index (χ0n) is 20.8. The normalized spacial score (nSPS) is 20.9. The molecule has 7 nitrogen and oxygen atoms in total. The van der Waals surface area contributed by atoms with Gasteiger partial charge in [-0.25, -0.2) is 13.8 Å². The van der Waals surface area contributed by atoms with Crippen LogP contribution in [0.2, 0.25) is 0 Å². The number of hydrogen-bond donors (Lipinski definition) is 1. The Hall–Kier alpha value is -3.33. The first-order chi connectivity index (χ1) is 17.1. The summed E-state index contributed by atoms with van der Waals surface area (Å²) < 4.78 is 28.8. The Morgan fingerprint density at radius 1 is 1.14 bits per heavy atom. The Bertz CT molecular complexity index is 1150. The van der Waals surface area contributed by atoms with Crippen LogP contribution in [0.1, 0.15) is 43.0 Å². The SMILES string of the molecule is CON(C)C(=O)[C@@H](c1ccc(F)cc1F)N1C(=O)[C@@H](C2Cc3ccccc3C2)NC(=O)[C@H]1CC(C)C. The summed E-state index contributed by atoms with van der Waals surface area (Å²) in [5, 5.41) is 3.79. The Morgan fingerprint density at radius 3 is 2.33 bits per heavy atom. The molecule has 9 heteroatoms. The van der Waals surface area contributed by atoms with Crippen LogP contribution in [0.15, 0.2) is 42.5 Å². The predicted molar refractivity (Wildman–Crippen MR) is 128 cm³/mol. The quantitative estimate of drug-likeness (QED) is 0.594. The van der Waals surface area contributed by atoms with E-state index in [1.165, 1.54) is 19.1 Å². The maximum absolute atomic E-state index is 15.1. The average molecular weight is 500 g/mol. The number of rotatable bonds is 7. The summed E-state index contributed by atoms with van der Waals surface area (Å²) in [5.74, 6) is -3.62. The molecule has 0 aromatic heterocycles. The summed E-state index contributed by atoms with van der Waals surface area (Å²) in [4.78, 5) is 47.3.